The van der Waals surface area contributed by atoms with E-state index in [1.165, 1.54) is 18.2 Å². The van der Waals surface area contributed by atoms with Crippen molar-refractivity contribution >= 4 is 11.6 Å². The first-order valence-corrected chi connectivity index (χ1v) is 6.37. The molecule has 106 valence electrons. The second-order valence-electron chi connectivity index (χ2n) is 4.45. The van der Waals surface area contributed by atoms with Crippen LogP contribution in [0.25, 0.3) is 0 Å². The van der Waals surface area contributed by atoms with Crippen LogP contribution < -0.4 is 5.32 Å². The fourth-order valence-electron chi connectivity index (χ4n) is 1.86. The Kier molecular flexibility index (Phi) is 4.70. The zero-order chi connectivity index (χ0) is 15.2. The highest BCUT2D eigenvalue weighted by atomic mass is 19.1. The average molecular weight is 283 g/mol. The van der Waals surface area contributed by atoms with E-state index in [9.17, 15) is 9.18 Å². The zero-order valence-corrected chi connectivity index (χ0v) is 11.5. The van der Waals surface area contributed by atoms with E-state index in [1.54, 1.807) is 31.2 Å². The molecule has 0 aliphatic carbocycles. The Hall–Kier alpha value is -2.64. The van der Waals surface area contributed by atoms with E-state index in [4.69, 9.17) is 5.11 Å². The molecule has 2 aromatic carbocycles. The third kappa shape index (κ3) is 3.91. The van der Waals surface area contributed by atoms with Crippen LogP contribution in [-0.4, -0.2) is 17.6 Å². The molecule has 0 aliphatic heterocycles. The summed E-state index contributed by atoms with van der Waals surface area (Å²) >= 11 is 0. The van der Waals surface area contributed by atoms with E-state index in [2.05, 4.69) is 17.2 Å². The van der Waals surface area contributed by atoms with Crippen LogP contribution in [0.5, 0.6) is 0 Å². The van der Waals surface area contributed by atoms with E-state index < -0.39 is 0 Å². The molecule has 0 unspecified atom stereocenters. The van der Waals surface area contributed by atoms with Crippen LogP contribution in [0.15, 0.2) is 42.5 Å². The number of nitrogens with one attached hydrogen (secondary N) is 1. The maximum atomic E-state index is 13.0. The van der Waals surface area contributed by atoms with Crippen molar-refractivity contribution in [2.75, 3.05) is 11.9 Å². The number of anilines is 1. The van der Waals surface area contributed by atoms with Gasteiger partial charge in [-0.05, 0) is 55.0 Å². The predicted molar refractivity (Wildman–Crippen MR) is 79.5 cm³/mol. The number of aliphatic hydroxyl groups excluding tert-OH is 1. The second-order valence-corrected chi connectivity index (χ2v) is 4.45. The van der Waals surface area contributed by atoms with Gasteiger partial charge in [0.1, 0.15) is 12.4 Å². The molecule has 0 fully saturated rings. The van der Waals surface area contributed by atoms with E-state index in [0.717, 1.165) is 5.56 Å². The summed E-state index contributed by atoms with van der Waals surface area (Å²) in [5, 5.41) is 11.4. The lowest BCUT2D eigenvalue weighted by atomic mass is 10.1. The molecule has 21 heavy (non-hydrogen) atoms. The Labute approximate surface area is 122 Å². The van der Waals surface area contributed by atoms with Crippen molar-refractivity contribution in [3.8, 4) is 11.8 Å². The summed E-state index contributed by atoms with van der Waals surface area (Å²) in [6, 6.07) is 11.0. The number of hydrogen-bond acceptors (Lipinski definition) is 2. The Bertz CT molecular complexity index is 712. The Morgan fingerprint density at radius 3 is 2.57 bits per heavy atom. The van der Waals surface area contributed by atoms with Gasteiger partial charge in [0.15, 0.2) is 0 Å². The fourth-order valence-corrected chi connectivity index (χ4v) is 1.86. The van der Waals surface area contributed by atoms with Gasteiger partial charge < -0.3 is 10.4 Å². The largest absolute Gasteiger partial charge is 0.384 e. The predicted octanol–water partition coefficient (Wildman–Crippen LogP) is 2.73. The van der Waals surface area contributed by atoms with Crippen molar-refractivity contribution in [3.63, 3.8) is 0 Å². The molecule has 2 N–H and O–H groups in total. The van der Waals surface area contributed by atoms with Gasteiger partial charge in [-0.25, -0.2) is 4.39 Å². The molecule has 0 heterocycles. The molecule has 0 atom stereocenters. The molecular formula is C17H14FNO2. The molecule has 2 rings (SSSR count). The lowest BCUT2D eigenvalue weighted by molar-refractivity contribution is 0.102. The van der Waals surface area contributed by atoms with Crippen molar-refractivity contribution in [2.45, 2.75) is 6.92 Å². The maximum Gasteiger partial charge on any atom is 0.255 e. The smallest absolute Gasteiger partial charge is 0.255 e. The SMILES string of the molecule is Cc1cc(F)ccc1C(=O)Nc1ccc(C#CCO)cc1. The monoisotopic (exact) mass is 283 g/mol. The Morgan fingerprint density at radius 1 is 1.24 bits per heavy atom. The number of hydrogen-bond donors (Lipinski definition) is 2. The van der Waals surface area contributed by atoms with Gasteiger partial charge in [0.05, 0.1) is 0 Å². The van der Waals surface area contributed by atoms with Crippen LogP contribution in [0.4, 0.5) is 10.1 Å². The molecule has 0 aromatic heterocycles. The topological polar surface area (TPSA) is 49.3 Å². The van der Waals surface area contributed by atoms with Gasteiger partial charge >= 0.3 is 0 Å². The molecular weight excluding hydrogens is 269 g/mol. The molecule has 3 nitrogen and oxygen atoms in total. The number of carbonyl (C=O) groups is 1. The van der Waals surface area contributed by atoms with Gasteiger partial charge in [-0.3, -0.25) is 4.79 Å². The molecule has 0 bridgehead atoms. The summed E-state index contributed by atoms with van der Waals surface area (Å²) in [5.74, 6) is 4.66. The van der Waals surface area contributed by atoms with Crippen LogP contribution in [0.3, 0.4) is 0 Å². The molecule has 0 radical (unpaired) electrons. The summed E-state index contributed by atoms with van der Waals surface area (Å²) in [5.41, 5.74) is 2.39. The van der Waals surface area contributed by atoms with Crippen LogP contribution >= 0.6 is 0 Å². The highest BCUT2D eigenvalue weighted by molar-refractivity contribution is 6.05. The minimum atomic E-state index is -0.365. The van der Waals surface area contributed by atoms with Crippen molar-refractivity contribution in [3.05, 3.63) is 65.0 Å². The highest BCUT2D eigenvalue weighted by Crippen LogP contribution is 2.14. The number of rotatable bonds is 2. The van der Waals surface area contributed by atoms with Crippen LogP contribution in [-0.2, 0) is 0 Å². The summed E-state index contributed by atoms with van der Waals surface area (Å²) < 4.78 is 13.0. The third-order valence-electron chi connectivity index (χ3n) is 2.89. The average Bonchev–Trinajstić information content (AvgIpc) is 2.46. The van der Waals surface area contributed by atoms with Crippen molar-refractivity contribution in [1.29, 1.82) is 0 Å². The van der Waals surface area contributed by atoms with Gasteiger partial charge in [0, 0.05) is 16.8 Å². The molecule has 0 aliphatic rings. The second kappa shape index (κ2) is 6.69. The Morgan fingerprint density at radius 2 is 1.95 bits per heavy atom. The minimum Gasteiger partial charge on any atom is -0.384 e. The van der Waals surface area contributed by atoms with Gasteiger partial charge in [0.2, 0.25) is 0 Å². The number of amides is 1. The first kappa shape index (κ1) is 14.8. The molecule has 1 amide bonds. The quantitative estimate of drug-likeness (QED) is 0.833. The normalized spacial score (nSPS) is 9.67. The summed E-state index contributed by atoms with van der Waals surface area (Å²) in [4.78, 5) is 12.1. The Balaban J connectivity index is 2.12. The van der Waals surface area contributed by atoms with Gasteiger partial charge in [-0.1, -0.05) is 11.8 Å². The van der Waals surface area contributed by atoms with Crippen LogP contribution in [0.2, 0.25) is 0 Å². The summed E-state index contributed by atoms with van der Waals surface area (Å²) in [7, 11) is 0. The zero-order valence-electron chi connectivity index (χ0n) is 11.5. The number of halogens is 1. The van der Waals surface area contributed by atoms with Crippen LogP contribution in [0, 0.1) is 24.6 Å². The lowest BCUT2D eigenvalue weighted by Crippen LogP contribution is -2.13. The van der Waals surface area contributed by atoms with Crippen molar-refractivity contribution in [2.24, 2.45) is 0 Å². The van der Waals surface area contributed by atoms with Gasteiger partial charge in [-0.2, -0.15) is 0 Å². The molecule has 0 saturated carbocycles. The first-order chi connectivity index (χ1) is 10.1. The fraction of sp³-hybridized carbons (Fsp3) is 0.118. The number of benzene rings is 2. The van der Waals surface area contributed by atoms with E-state index in [-0.39, 0.29) is 18.3 Å². The molecule has 4 heteroatoms. The standard InChI is InChI=1S/C17H14FNO2/c1-12-11-14(18)6-9-16(12)17(21)19-15-7-4-13(5-8-15)3-2-10-20/h4-9,11,20H,10H2,1H3,(H,19,21). The third-order valence-corrected chi connectivity index (χ3v) is 2.89. The number of aryl methyl sites for hydroxylation is 1. The van der Waals surface area contributed by atoms with Gasteiger partial charge in [-0.15, -0.1) is 0 Å². The lowest BCUT2D eigenvalue weighted by Gasteiger charge is -2.07. The highest BCUT2D eigenvalue weighted by Gasteiger charge is 2.09. The minimum absolute atomic E-state index is 0.192. The van der Waals surface area contributed by atoms with E-state index in [0.29, 0.717) is 16.8 Å². The van der Waals surface area contributed by atoms with Gasteiger partial charge in [0.25, 0.3) is 5.91 Å². The number of carbonyl (C=O) groups excluding carboxylic acids is 1. The maximum absolute atomic E-state index is 13.0. The summed E-state index contributed by atoms with van der Waals surface area (Å²) in [6.07, 6.45) is 0. The van der Waals surface area contributed by atoms with Crippen LogP contribution in [0.1, 0.15) is 21.5 Å². The van der Waals surface area contributed by atoms with E-state index in [1.807, 2.05) is 0 Å². The molecule has 0 saturated heterocycles. The van der Waals surface area contributed by atoms with Crippen molar-refractivity contribution < 1.29 is 14.3 Å². The molecule has 0 spiro atoms. The summed E-state index contributed by atoms with van der Waals surface area (Å²) in [6.45, 7) is 1.49. The van der Waals surface area contributed by atoms with Crippen molar-refractivity contribution in [1.82, 2.24) is 0 Å². The molecule has 2 aromatic rings. The van der Waals surface area contributed by atoms with E-state index >= 15 is 0 Å². The number of aliphatic hydroxyl groups is 1. The first-order valence-electron chi connectivity index (χ1n) is 6.37.